The lowest BCUT2D eigenvalue weighted by molar-refractivity contribution is -0.116. The fourth-order valence-corrected chi connectivity index (χ4v) is 3.63. The average molecular weight is 398 g/mol. The molecule has 0 atom stereocenters. The summed E-state index contributed by atoms with van der Waals surface area (Å²) in [5.41, 5.74) is 3.40. The molecule has 2 aromatic carbocycles. The SMILES string of the molecule is CCc1ccc(Cl)c(CC)c1NC(=O)CCCc1nc2ccccc2c(=O)[nH]1. The number of nitrogens with one attached hydrogen (secondary N) is 2. The Balaban J connectivity index is 1.66. The number of aryl methyl sites for hydroxylation is 2. The number of para-hydroxylation sites is 1. The zero-order valence-electron chi connectivity index (χ0n) is 16.1. The molecule has 0 bridgehead atoms. The van der Waals surface area contributed by atoms with Gasteiger partial charge in [-0.15, -0.1) is 0 Å². The third kappa shape index (κ3) is 4.42. The smallest absolute Gasteiger partial charge is 0.258 e. The van der Waals surface area contributed by atoms with Crippen LogP contribution in [0.2, 0.25) is 5.02 Å². The molecule has 0 spiro atoms. The third-order valence-electron chi connectivity index (χ3n) is 4.82. The fourth-order valence-electron chi connectivity index (χ4n) is 3.34. The van der Waals surface area contributed by atoms with Crippen molar-refractivity contribution >= 4 is 34.1 Å². The first-order valence-corrected chi connectivity index (χ1v) is 9.99. The molecule has 0 unspecified atom stereocenters. The lowest BCUT2D eigenvalue weighted by Gasteiger charge is -2.16. The minimum atomic E-state index is -0.149. The molecule has 0 saturated carbocycles. The van der Waals surface area contributed by atoms with Crippen LogP contribution in [0.4, 0.5) is 5.69 Å². The Morgan fingerprint density at radius 3 is 2.68 bits per heavy atom. The molecule has 146 valence electrons. The predicted molar refractivity (Wildman–Crippen MR) is 114 cm³/mol. The Bertz CT molecular complexity index is 1060. The van der Waals surface area contributed by atoms with Gasteiger partial charge in [-0.3, -0.25) is 9.59 Å². The van der Waals surface area contributed by atoms with E-state index >= 15 is 0 Å². The third-order valence-corrected chi connectivity index (χ3v) is 5.17. The van der Waals surface area contributed by atoms with Gasteiger partial charge in [0.2, 0.25) is 5.91 Å². The van der Waals surface area contributed by atoms with Gasteiger partial charge < -0.3 is 10.3 Å². The normalized spacial score (nSPS) is 11.0. The van der Waals surface area contributed by atoms with Crippen LogP contribution in [-0.2, 0) is 24.1 Å². The zero-order valence-corrected chi connectivity index (χ0v) is 16.9. The largest absolute Gasteiger partial charge is 0.326 e. The van der Waals surface area contributed by atoms with Crippen molar-refractivity contribution in [3.05, 3.63) is 68.7 Å². The van der Waals surface area contributed by atoms with Gasteiger partial charge in [0.15, 0.2) is 0 Å². The molecule has 0 aliphatic heterocycles. The highest BCUT2D eigenvalue weighted by Crippen LogP contribution is 2.29. The van der Waals surface area contributed by atoms with Gasteiger partial charge in [-0.2, -0.15) is 0 Å². The molecular formula is C22H24ClN3O2. The summed E-state index contributed by atoms with van der Waals surface area (Å²) in [5.74, 6) is 0.539. The first kappa shape index (κ1) is 20.1. The van der Waals surface area contributed by atoms with Crippen molar-refractivity contribution in [1.29, 1.82) is 0 Å². The summed E-state index contributed by atoms with van der Waals surface area (Å²) in [5, 5.41) is 4.28. The molecule has 0 saturated heterocycles. The molecule has 3 aromatic rings. The number of rotatable bonds is 7. The van der Waals surface area contributed by atoms with Crippen molar-refractivity contribution in [3.8, 4) is 0 Å². The predicted octanol–water partition coefficient (Wildman–Crippen LogP) is 4.66. The van der Waals surface area contributed by atoms with E-state index in [4.69, 9.17) is 11.6 Å². The monoisotopic (exact) mass is 397 g/mol. The number of halogens is 1. The molecule has 6 heteroatoms. The highest BCUT2D eigenvalue weighted by atomic mass is 35.5. The van der Waals surface area contributed by atoms with Gasteiger partial charge in [-0.05, 0) is 48.6 Å². The molecule has 0 aliphatic rings. The van der Waals surface area contributed by atoms with Gasteiger partial charge in [0.1, 0.15) is 5.82 Å². The van der Waals surface area contributed by atoms with Crippen molar-refractivity contribution in [2.45, 2.75) is 46.0 Å². The number of fused-ring (bicyclic) bond motifs is 1. The van der Waals surface area contributed by atoms with Gasteiger partial charge in [-0.25, -0.2) is 4.98 Å². The summed E-state index contributed by atoms with van der Waals surface area (Å²) >= 11 is 6.30. The van der Waals surface area contributed by atoms with Crippen molar-refractivity contribution in [2.75, 3.05) is 5.32 Å². The van der Waals surface area contributed by atoms with E-state index in [1.807, 2.05) is 37.3 Å². The molecule has 2 N–H and O–H groups in total. The van der Waals surface area contributed by atoms with Crippen LogP contribution in [0, 0.1) is 0 Å². The minimum absolute atomic E-state index is 0.0604. The van der Waals surface area contributed by atoms with Crippen LogP contribution >= 0.6 is 11.6 Å². The second-order valence-electron chi connectivity index (χ2n) is 6.70. The molecule has 3 rings (SSSR count). The van der Waals surface area contributed by atoms with Crippen LogP contribution in [0.15, 0.2) is 41.2 Å². The number of anilines is 1. The molecule has 0 radical (unpaired) electrons. The molecule has 1 heterocycles. The zero-order chi connectivity index (χ0) is 20.1. The lowest BCUT2D eigenvalue weighted by atomic mass is 10.0. The first-order valence-electron chi connectivity index (χ1n) is 9.61. The second kappa shape index (κ2) is 9.02. The second-order valence-corrected chi connectivity index (χ2v) is 7.11. The van der Waals surface area contributed by atoms with E-state index in [2.05, 4.69) is 22.2 Å². The van der Waals surface area contributed by atoms with E-state index in [1.54, 1.807) is 6.07 Å². The summed E-state index contributed by atoms with van der Waals surface area (Å²) in [6, 6.07) is 11.1. The molecule has 1 amide bonds. The van der Waals surface area contributed by atoms with Gasteiger partial charge in [0, 0.05) is 23.6 Å². The topological polar surface area (TPSA) is 74.8 Å². The van der Waals surface area contributed by atoms with E-state index < -0.39 is 0 Å². The molecule has 5 nitrogen and oxygen atoms in total. The van der Waals surface area contributed by atoms with E-state index in [9.17, 15) is 9.59 Å². The van der Waals surface area contributed by atoms with Crippen molar-refractivity contribution in [2.24, 2.45) is 0 Å². The van der Waals surface area contributed by atoms with Crippen molar-refractivity contribution in [1.82, 2.24) is 9.97 Å². The summed E-state index contributed by atoms with van der Waals surface area (Å²) < 4.78 is 0. The Kier molecular flexibility index (Phi) is 6.47. The van der Waals surface area contributed by atoms with Crippen LogP contribution in [0.25, 0.3) is 10.9 Å². The van der Waals surface area contributed by atoms with Crippen LogP contribution in [0.3, 0.4) is 0 Å². The van der Waals surface area contributed by atoms with Gasteiger partial charge >= 0.3 is 0 Å². The number of carbonyl (C=O) groups is 1. The maximum Gasteiger partial charge on any atom is 0.258 e. The highest BCUT2D eigenvalue weighted by molar-refractivity contribution is 6.32. The number of amides is 1. The lowest BCUT2D eigenvalue weighted by Crippen LogP contribution is -2.16. The van der Waals surface area contributed by atoms with Gasteiger partial charge in [0.05, 0.1) is 10.9 Å². The first-order chi connectivity index (χ1) is 13.5. The van der Waals surface area contributed by atoms with Crippen LogP contribution < -0.4 is 10.9 Å². The number of benzene rings is 2. The van der Waals surface area contributed by atoms with Gasteiger partial charge in [-0.1, -0.05) is 43.6 Å². The highest BCUT2D eigenvalue weighted by Gasteiger charge is 2.13. The maximum atomic E-state index is 12.5. The summed E-state index contributed by atoms with van der Waals surface area (Å²) in [6.07, 6.45) is 3.04. The molecule has 28 heavy (non-hydrogen) atoms. The molecule has 0 aliphatic carbocycles. The number of hydrogen-bond donors (Lipinski definition) is 2. The number of aromatic amines is 1. The standard InChI is InChI=1S/C22H24ClN3O2/c1-3-14-12-13-17(23)15(4-2)21(14)26-20(27)11-7-10-19-24-18-9-6-5-8-16(18)22(28)25-19/h5-6,8-9,12-13H,3-4,7,10-11H2,1-2H3,(H,26,27)(H,24,25,28). The fraction of sp³-hybridized carbons (Fsp3) is 0.318. The van der Waals surface area contributed by atoms with E-state index in [1.165, 1.54) is 0 Å². The van der Waals surface area contributed by atoms with E-state index in [0.717, 1.165) is 29.7 Å². The Morgan fingerprint density at radius 2 is 1.93 bits per heavy atom. The Hall–Kier alpha value is -2.66. The molecular weight excluding hydrogens is 374 g/mol. The molecule has 0 fully saturated rings. The summed E-state index contributed by atoms with van der Waals surface area (Å²) in [6.45, 7) is 4.08. The van der Waals surface area contributed by atoms with Crippen LogP contribution in [0.5, 0.6) is 0 Å². The number of aromatic nitrogens is 2. The van der Waals surface area contributed by atoms with E-state index in [-0.39, 0.29) is 11.5 Å². The number of carbonyl (C=O) groups excluding carboxylic acids is 1. The van der Waals surface area contributed by atoms with E-state index in [0.29, 0.717) is 41.0 Å². The number of nitrogens with zero attached hydrogens (tertiary/aromatic N) is 1. The Morgan fingerprint density at radius 1 is 1.14 bits per heavy atom. The number of H-pyrrole nitrogens is 1. The maximum absolute atomic E-state index is 12.5. The molecule has 1 aromatic heterocycles. The summed E-state index contributed by atoms with van der Waals surface area (Å²) in [7, 11) is 0. The van der Waals surface area contributed by atoms with Crippen molar-refractivity contribution < 1.29 is 4.79 Å². The van der Waals surface area contributed by atoms with Crippen molar-refractivity contribution in [3.63, 3.8) is 0 Å². The van der Waals surface area contributed by atoms with Crippen LogP contribution in [-0.4, -0.2) is 15.9 Å². The van der Waals surface area contributed by atoms with Gasteiger partial charge in [0.25, 0.3) is 5.56 Å². The quantitative estimate of drug-likeness (QED) is 0.608. The Labute approximate surface area is 169 Å². The minimum Gasteiger partial charge on any atom is -0.326 e. The van der Waals surface area contributed by atoms with Crippen LogP contribution in [0.1, 0.15) is 43.6 Å². The number of hydrogen-bond acceptors (Lipinski definition) is 3. The summed E-state index contributed by atoms with van der Waals surface area (Å²) in [4.78, 5) is 31.9. The average Bonchev–Trinajstić information content (AvgIpc) is 2.68.